The lowest BCUT2D eigenvalue weighted by Crippen LogP contribution is -2.52. The molecule has 25 nitrogen and oxygen atoms in total. The number of isothiocyanates is 1. The summed E-state index contributed by atoms with van der Waals surface area (Å²) in [5.41, 5.74) is -0.132. The van der Waals surface area contributed by atoms with Crippen LogP contribution in [-0.4, -0.2) is 245 Å². The zero-order valence-electron chi connectivity index (χ0n) is 38.1. The lowest BCUT2D eigenvalue weighted by molar-refractivity contribution is -0.145. The van der Waals surface area contributed by atoms with Crippen molar-refractivity contribution in [1.29, 1.82) is 0 Å². The Balaban J connectivity index is 1.50. The van der Waals surface area contributed by atoms with Crippen molar-refractivity contribution < 1.29 is 73.4 Å². The third-order valence-electron chi connectivity index (χ3n) is 10.5. The molecule has 1 aromatic carbocycles. The highest BCUT2D eigenvalue weighted by molar-refractivity contribution is 7.78. The first-order valence-electron chi connectivity index (χ1n) is 22.0. The molecule has 26 heteroatoms. The third kappa shape index (κ3) is 22.6. The number of nitrogens with one attached hydrogen (secondary N) is 2. The Bertz CT molecular complexity index is 2070. The van der Waals surface area contributed by atoms with E-state index in [0.717, 1.165) is 6.07 Å². The minimum atomic E-state index is -1.26. The van der Waals surface area contributed by atoms with Crippen molar-refractivity contribution in [2.24, 2.45) is 4.99 Å². The number of benzene rings is 1. The molecule has 2 heterocycles. The van der Waals surface area contributed by atoms with E-state index in [0.29, 0.717) is 11.3 Å². The SMILES string of the molecule is O=C(O)CN1CCN(CC(=O)O)CCN(C(CCC(=O)NCCN(CCOCCOCCOCCNC(=O)c2ccc(N=C=S)cc2)C(=O)c2cccc(=O)n2O)C(=O)O)CCN(CC(=O)O)CC1. The van der Waals surface area contributed by atoms with Crippen molar-refractivity contribution in [2.75, 3.05) is 138 Å². The van der Waals surface area contributed by atoms with Gasteiger partial charge in [0.2, 0.25) is 5.91 Å². The van der Waals surface area contributed by atoms with Gasteiger partial charge >= 0.3 is 23.9 Å². The van der Waals surface area contributed by atoms with Crippen LogP contribution in [0.15, 0.2) is 52.3 Å². The monoisotopic (exact) mass is 991 g/mol. The van der Waals surface area contributed by atoms with Gasteiger partial charge in [0.15, 0.2) is 0 Å². The smallest absolute Gasteiger partial charge is 0.320 e. The Morgan fingerprint density at radius 1 is 0.681 bits per heavy atom. The highest BCUT2D eigenvalue weighted by Gasteiger charge is 2.29. The van der Waals surface area contributed by atoms with E-state index in [4.69, 9.17) is 14.2 Å². The number of carboxylic acid groups (broad SMARTS) is 4. The van der Waals surface area contributed by atoms with Gasteiger partial charge in [-0.15, -0.1) is 4.73 Å². The zero-order chi connectivity index (χ0) is 50.6. The highest BCUT2D eigenvalue weighted by atomic mass is 32.1. The summed E-state index contributed by atoms with van der Waals surface area (Å²) >= 11 is 4.57. The minimum Gasteiger partial charge on any atom is -0.480 e. The number of hydrogen-bond acceptors (Lipinski definition) is 18. The average Bonchev–Trinajstić information content (AvgIpc) is 3.29. The summed E-state index contributed by atoms with van der Waals surface area (Å²) in [5.74, 6) is -6.21. The number of ether oxygens (including phenoxy) is 3. The maximum atomic E-state index is 13.5. The van der Waals surface area contributed by atoms with Gasteiger partial charge in [-0.25, -0.2) is 0 Å². The summed E-state index contributed by atoms with van der Waals surface area (Å²) in [6, 6.07) is 8.91. The molecule has 1 aliphatic heterocycles. The molecule has 1 atom stereocenters. The van der Waals surface area contributed by atoms with Crippen molar-refractivity contribution >= 4 is 64.7 Å². The van der Waals surface area contributed by atoms with E-state index in [9.17, 15) is 64.0 Å². The van der Waals surface area contributed by atoms with Crippen molar-refractivity contribution in [3.63, 3.8) is 0 Å². The second-order valence-corrected chi connectivity index (χ2v) is 15.7. The van der Waals surface area contributed by atoms with E-state index in [1.54, 1.807) is 43.9 Å². The number of nitrogens with zero attached hydrogens (tertiary/aromatic N) is 7. The summed E-state index contributed by atoms with van der Waals surface area (Å²) in [7, 11) is 0. The molecule has 0 radical (unpaired) electrons. The molecule has 3 amide bonds. The fourth-order valence-corrected chi connectivity index (χ4v) is 7.08. The number of aliphatic imine (C=N–C) groups is 1. The number of thiocarbonyl (C=S) groups is 1. The topological polar surface area (TPSA) is 323 Å². The van der Waals surface area contributed by atoms with Crippen LogP contribution in [0.1, 0.15) is 33.7 Å². The van der Waals surface area contributed by atoms with Crippen molar-refractivity contribution in [2.45, 2.75) is 18.9 Å². The number of aliphatic carboxylic acids is 4. The molecule has 2 aromatic rings. The summed E-state index contributed by atoms with van der Waals surface area (Å²) in [5, 5.41) is 56.7. The van der Waals surface area contributed by atoms with E-state index >= 15 is 0 Å². The van der Waals surface area contributed by atoms with E-state index < -0.39 is 60.4 Å². The number of carbonyl (C=O) groups is 7. The molecule has 0 aliphatic carbocycles. The summed E-state index contributed by atoms with van der Waals surface area (Å²) in [4.78, 5) is 110. The Morgan fingerprint density at radius 3 is 1.72 bits per heavy atom. The Kier molecular flexibility index (Phi) is 26.3. The standard InChI is InChI=1S/C43H61N9O16S/c53-36(9-8-35(43(63)64)50-19-17-48(29-39(57)58)15-13-47(28-38(55)56)14-16-49(18-20-50)30-40(59)60)44-10-12-51(42(62)34-2-1-3-37(54)52(34)65)21-23-67-25-27-68-26-24-66-22-11-45-41(61)32-4-6-33(7-5-32)46-31-69/h1-7,35,65H,8-30H2,(H,44,53)(H,45,61)(H,55,56)(H,57,58)(H,59,60)(H,63,64). The zero-order valence-corrected chi connectivity index (χ0v) is 39.0. The molecular weight excluding hydrogens is 931 g/mol. The first-order chi connectivity index (χ1) is 33.1. The van der Waals surface area contributed by atoms with Crippen LogP contribution in [0.25, 0.3) is 0 Å². The van der Waals surface area contributed by atoms with Crippen LogP contribution in [0.4, 0.5) is 5.69 Å². The Morgan fingerprint density at radius 2 is 1.20 bits per heavy atom. The van der Waals surface area contributed by atoms with Crippen molar-refractivity contribution in [3.05, 3.63) is 64.1 Å². The third-order valence-corrected chi connectivity index (χ3v) is 10.6. The van der Waals surface area contributed by atoms with Gasteiger partial charge in [-0.05, 0) is 49.0 Å². The molecule has 1 fully saturated rings. The molecule has 0 spiro atoms. The van der Waals surface area contributed by atoms with Crippen LogP contribution in [-0.2, 0) is 38.2 Å². The van der Waals surface area contributed by atoms with Gasteiger partial charge in [-0.2, -0.15) is 4.99 Å². The normalized spacial score (nSPS) is 14.8. The molecule has 0 bridgehead atoms. The second kappa shape index (κ2) is 31.8. The average molecular weight is 992 g/mol. The number of pyridine rings is 1. The number of rotatable bonds is 29. The van der Waals surface area contributed by atoms with E-state index in [1.807, 2.05) is 0 Å². The van der Waals surface area contributed by atoms with Gasteiger partial charge in [-0.3, -0.25) is 58.0 Å². The van der Waals surface area contributed by atoms with Gasteiger partial charge in [0.05, 0.1) is 70.1 Å². The fourth-order valence-electron chi connectivity index (χ4n) is 6.98. The van der Waals surface area contributed by atoms with Gasteiger partial charge in [-0.1, -0.05) is 6.07 Å². The molecule has 1 unspecified atom stereocenters. The first kappa shape index (κ1) is 57.1. The van der Waals surface area contributed by atoms with Gasteiger partial charge in [0.25, 0.3) is 17.4 Å². The highest BCUT2D eigenvalue weighted by Crippen LogP contribution is 2.13. The van der Waals surface area contributed by atoms with E-state index in [-0.39, 0.29) is 154 Å². The molecular formula is C43H61N9O16S. The maximum absolute atomic E-state index is 13.5. The number of amides is 3. The molecule has 380 valence electrons. The Hall–Kier alpha value is -6.22. The van der Waals surface area contributed by atoms with Gasteiger partial charge in [0.1, 0.15) is 11.7 Å². The van der Waals surface area contributed by atoms with Gasteiger partial charge < -0.3 is 55.4 Å². The predicted octanol–water partition coefficient (Wildman–Crippen LogP) is -1.43. The molecule has 69 heavy (non-hydrogen) atoms. The maximum Gasteiger partial charge on any atom is 0.320 e. The predicted molar refractivity (Wildman–Crippen MR) is 247 cm³/mol. The summed E-state index contributed by atoms with van der Waals surface area (Å²) < 4.78 is 16.8. The molecule has 3 rings (SSSR count). The number of carboxylic acids is 4. The van der Waals surface area contributed by atoms with Crippen LogP contribution in [0, 0.1) is 0 Å². The van der Waals surface area contributed by atoms with Crippen molar-refractivity contribution in [3.8, 4) is 0 Å². The fraction of sp³-hybridized carbons (Fsp3) is 0.558. The molecule has 7 N–H and O–H groups in total. The number of hydrogen-bond donors (Lipinski definition) is 7. The van der Waals surface area contributed by atoms with Gasteiger partial charge in [0, 0.05) is 96.6 Å². The molecule has 1 aliphatic rings. The summed E-state index contributed by atoms with van der Waals surface area (Å²) in [6.45, 7) is 0.817. The number of aromatic nitrogens is 1. The van der Waals surface area contributed by atoms with Crippen LogP contribution >= 0.6 is 12.2 Å². The molecule has 1 aromatic heterocycles. The lowest BCUT2D eigenvalue weighted by atomic mass is 10.1. The lowest BCUT2D eigenvalue weighted by Gasteiger charge is -2.35. The summed E-state index contributed by atoms with van der Waals surface area (Å²) in [6.07, 6.45) is -0.457. The van der Waals surface area contributed by atoms with Crippen LogP contribution in [0.3, 0.4) is 0 Å². The molecule has 0 saturated carbocycles. The van der Waals surface area contributed by atoms with Crippen LogP contribution < -0.4 is 16.2 Å². The number of carbonyl (C=O) groups excluding carboxylic acids is 3. The van der Waals surface area contributed by atoms with Crippen LogP contribution in [0.2, 0.25) is 0 Å². The van der Waals surface area contributed by atoms with E-state index in [2.05, 4.69) is 33.0 Å². The Labute approximate surface area is 402 Å². The quantitative estimate of drug-likeness (QED) is 0.0213. The van der Waals surface area contributed by atoms with Crippen LogP contribution in [0.5, 0.6) is 0 Å². The largest absolute Gasteiger partial charge is 0.480 e. The second-order valence-electron chi connectivity index (χ2n) is 15.5. The minimum absolute atomic E-state index is 0.00851. The first-order valence-corrected chi connectivity index (χ1v) is 22.4. The molecule has 1 saturated heterocycles. The van der Waals surface area contributed by atoms with E-state index in [1.165, 1.54) is 17.0 Å². The van der Waals surface area contributed by atoms with Crippen molar-refractivity contribution in [1.82, 2.24) is 39.9 Å².